The predicted octanol–water partition coefficient (Wildman–Crippen LogP) is 3.40. The molecule has 0 spiro atoms. The molecule has 0 atom stereocenters. The van der Waals surface area contributed by atoms with Crippen molar-refractivity contribution in [3.05, 3.63) is 10.6 Å². The maximum absolute atomic E-state index is 11.9. The smallest absolute Gasteiger partial charge is 0.413 e. The molecule has 1 aromatic rings. The van der Waals surface area contributed by atoms with Crippen LogP contribution >= 0.6 is 11.3 Å². The summed E-state index contributed by atoms with van der Waals surface area (Å²) in [4.78, 5) is 28.5. The average Bonchev–Trinajstić information content (AvgIpc) is 2.57. The van der Waals surface area contributed by atoms with Gasteiger partial charge in [-0.05, 0) is 40.0 Å². The number of ether oxygens (including phenoxy) is 1. The van der Waals surface area contributed by atoms with Gasteiger partial charge >= 0.3 is 6.09 Å². The summed E-state index contributed by atoms with van der Waals surface area (Å²) >= 11 is 1.24. The molecule has 1 aromatic heterocycles. The first-order valence-electron chi connectivity index (χ1n) is 6.38. The Morgan fingerprint density at radius 1 is 1.32 bits per heavy atom. The summed E-state index contributed by atoms with van der Waals surface area (Å²) in [6, 6.07) is 0. The average molecular weight is 282 g/mol. The molecule has 0 saturated heterocycles. The van der Waals surface area contributed by atoms with Crippen LogP contribution in [0.15, 0.2) is 0 Å². The molecule has 1 aliphatic carbocycles. The van der Waals surface area contributed by atoms with Crippen molar-refractivity contribution in [1.82, 2.24) is 4.98 Å². The van der Waals surface area contributed by atoms with Crippen LogP contribution in [0.4, 0.5) is 9.93 Å². The summed E-state index contributed by atoms with van der Waals surface area (Å²) in [5.74, 6) is 0.127. The number of hydrogen-bond donors (Lipinski definition) is 1. The Hall–Kier alpha value is -1.43. The van der Waals surface area contributed by atoms with Crippen molar-refractivity contribution in [2.24, 2.45) is 0 Å². The zero-order valence-electron chi connectivity index (χ0n) is 11.4. The summed E-state index contributed by atoms with van der Waals surface area (Å²) in [5, 5.41) is 3.03. The molecule has 5 nitrogen and oxygen atoms in total. The zero-order valence-corrected chi connectivity index (χ0v) is 12.2. The van der Waals surface area contributed by atoms with Crippen molar-refractivity contribution in [2.75, 3.05) is 5.32 Å². The fraction of sp³-hybridized carbons (Fsp3) is 0.615. The molecule has 0 aromatic carbocycles. The van der Waals surface area contributed by atoms with Crippen molar-refractivity contribution >= 4 is 28.3 Å². The van der Waals surface area contributed by atoms with Gasteiger partial charge in [0.25, 0.3) is 0 Å². The van der Waals surface area contributed by atoms with Crippen molar-refractivity contribution < 1.29 is 14.3 Å². The van der Waals surface area contributed by atoms with Crippen LogP contribution in [0.1, 0.15) is 55.4 Å². The van der Waals surface area contributed by atoms with Gasteiger partial charge in [-0.15, -0.1) is 0 Å². The molecule has 0 bridgehead atoms. The molecular formula is C13H18N2O3S. The van der Waals surface area contributed by atoms with Gasteiger partial charge in [-0.2, -0.15) is 0 Å². The van der Waals surface area contributed by atoms with Gasteiger partial charge in [0.15, 0.2) is 10.9 Å². The number of thiazole rings is 1. The molecule has 1 aliphatic rings. The number of nitrogens with zero attached hydrogens (tertiary/aromatic N) is 1. The van der Waals surface area contributed by atoms with Crippen LogP contribution in [0.5, 0.6) is 0 Å². The molecule has 0 saturated carbocycles. The first-order chi connectivity index (χ1) is 8.85. The van der Waals surface area contributed by atoms with E-state index in [-0.39, 0.29) is 5.78 Å². The van der Waals surface area contributed by atoms with E-state index in [4.69, 9.17) is 4.74 Å². The molecule has 0 fully saturated rings. The second kappa shape index (κ2) is 5.28. The number of carbonyl (C=O) groups excluding carboxylic acids is 2. The molecule has 6 heteroatoms. The number of amides is 1. The van der Waals surface area contributed by atoms with Crippen LogP contribution in [-0.4, -0.2) is 22.5 Å². The molecule has 0 radical (unpaired) electrons. The lowest BCUT2D eigenvalue weighted by molar-refractivity contribution is 0.0635. The van der Waals surface area contributed by atoms with Gasteiger partial charge < -0.3 is 4.74 Å². The first-order valence-corrected chi connectivity index (χ1v) is 7.20. The fourth-order valence-electron chi connectivity index (χ4n) is 1.87. The zero-order chi connectivity index (χ0) is 14.0. The van der Waals surface area contributed by atoms with E-state index < -0.39 is 11.7 Å². The molecule has 1 heterocycles. The second-order valence-corrected chi connectivity index (χ2v) is 6.55. The minimum absolute atomic E-state index is 0.127. The van der Waals surface area contributed by atoms with E-state index in [9.17, 15) is 9.59 Å². The maximum atomic E-state index is 11.9. The number of Topliss-reactive ketones (excluding diaryl/α,β-unsaturated/α-hetero) is 1. The van der Waals surface area contributed by atoms with Crippen LogP contribution in [-0.2, 0) is 11.2 Å². The third-order valence-electron chi connectivity index (χ3n) is 2.63. The number of aromatic nitrogens is 1. The Kier molecular flexibility index (Phi) is 3.89. The lowest BCUT2D eigenvalue weighted by Crippen LogP contribution is -2.27. The van der Waals surface area contributed by atoms with Crippen molar-refractivity contribution in [2.45, 2.75) is 52.1 Å². The van der Waals surface area contributed by atoms with Crippen molar-refractivity contribution in [3.8, 4) is 0 Å². The number of fused-ring (bicyclic) bond motifs is 1. The first kappa shape index (κ1) is 14.0. The summed E-state index contributed by atoms with van der Waals surface area (Å²) in [7, 11) is 0. The monoisotopic (exact) mass is 282 g/mol. The third-order valence-corrected chi connectivity index (χ3v) is 3.68. The molecule has 104 valence electrons. The number of ketones is 1. The van der Waals surface area contributed by atoms with Crippen LogP contribution < -0.4 is 5.32 Å². The highest BCUT2D eigenvalue weighted by Gasteiger charge is 2.22. The number of anilines is 1. The highest BCUT2D eigenvalue weighted by molar-refractivity contribution is 7.17. The minimum atomic E-state index is -0.547. The Morgan fingerprint density at radius 2 is 2.00 bits per heavy atom. The molecule has 19 heavy (non-hydrogen) atoms. The van der Waals surface area contributed by atoms with Crippen LogP contribution in [0, 0.1) is 0 Å². The molecule has 1 N–H and O–H groups in total. The summed E-state index contributed by atoms with van der Waals surface area (Å²) in [6.07, 6.45) is 2.71. The third kappa shape index (κ3) is 3.76. The highest BCUT2D eigenvalue weighted by Crippen LogP contribution is 2.29. The molecule has 0 aliphatic heterocycles. The molecule has 2 rings (SSSR count). The molecular weight excluding hydrogens is 264 g/mol. The van der Waals surface area contributed by atoms with Crippen LogP contribution in [0.2, 0.25) is 0 Å². The number of rotatable bonds is 1. The van der Waals surface area contributed by atoms with E-state index in [0.717, 1.165) is 25.0 Å². The van der Waals surface area contributed by atoms with Gasteiger partial charge in [0.1, 0.15) is 5.60 Å². The van der Waals surface area contributed by atoms with Crippen LogP contribution in [0.25, 0.3) is 0 Å². The Bertz CT molecular complexity index is 502. The predicted molar refractivity (Wildman–Crippen MR) is 73.9 cm³/mol. The van der Waals surface area contributed by atoms with E-state index in [0.29, 0.717) is 16.4 Å². The van der Waals surface area contributed by atoms with Crippen molar-refractivity contribution in [3.63, 3.8) is 0 Å². The van der Waals surface area contributed by atoms with E-state index in [1.54, 1.807) is 20.8 Å². The lowest BCUT2D eigenvalue weighted by Gasteiger charge is -2.18. The topological polar surface area (TPSA) is 68.3 Å². The number of nitrogens with one attached hydrogen (secondary N) is 1. The number of aryl methyl sites for hydroxylation is 1. The number of hydrogen-bond acceptors (Lipinski definition) is 5. The minimum Gasteiger partial charge on any atom is -0.444 e. The van der Waals surface area contributed by atoms with E-state index in [1.165, 1.54) is 11.3 Å². The molecule has 1 amide bonds. The fourth-order valence-corrected chi connectivity index (χ4v) is 2.84. The quantitative estimate of drug-likeness (QED) is 0.801. The van der Waals surface area contributed by atoms with Gasteiger partial charge in [-0.25, -0.2) is 9.78 Å². The molecule has 0 unspecified atom stereocenters. The van der Waals surface area contributed by atoms with Gasteiger partial charge in [0.2, 0.25) is 0 Å². The van der Waals surface area contributed by atoms with Gasteiger partial charge in [0.05, 0.1) is 10.6 Å². The van der Waals surface area contributed by atoms with Gasteiger partial charge in [0, 0.05) is 6.42 Å². The van der Waals surface area contributed by atoms with Gasteiger partial charge in [-0.1, -0.05) is 11.3 Å². The van der Waals surface area contributed by atoms with E-state index in [2.05, 4.69) is 10.3 Å². The Labute approximate surface area is 116 Å². The van der Waals surface area contributed by atoms with Crippen LogP contribution in [0.3, 0.4) is 0 Å². The van der Waals surface area contributed by atoms with Crippen molar-refractivity contribution in [1.29, 1.82) is 0 Å². The Balaban J connectivity index is 2.09. The SMILES string of the molecule is CC(C)(C)OC(=O)Nc1nc2c(s1)C(=O)CCCC2. The largest absolute Gasteiger partial charge is 0.444 e. The standard InChI is InChI=1S/C13H18N2O3S/c1-13(2,3)18-12(17)15-11-14-8-6-4-5-7-9(16)10(8)19-11/h4-7H2,1-3H3,(H,14,15,17). The van der Waals surface area contributed by atoms with Gasteiger partial charge in [-0.3, -0.25) is 10.1 Å². The van der Waals surface area contributed by atoms with E-state index >= 15 is 0 Å². The second-order valence-electron chi connectivity index (χ2n) is 5.55. The lowest BCUT2D eigenvalue weighted by atomic mass is 10.2. The summed E-state index contributed by atoms with van der Waals surface area (Å²) in [6.45, 7) is 5.40. The number of carbonyl (C=O) groups is 2. The maximum Gasteiger partial charge on any atom is 0.413 e. The highest BCUT2D eigenvalue weighted by atomic mass is 32.1. The van der Waals surface area contributed by atoms with E-state index in [1.807, 2.05) is 0 Å². The summed E-state index contributed by atoms with van der Waals surface area (Å²) in [5.41, 5.74) is 0.257. The normalized spacial score (nSPS) is 15.6. The summed E-state index contributed by atoms with van der Waals surface area (Å²) < 4.78 is 5.16. The Morgan fingerprint density at radius 3 is 2.68 bits per heavy atom.